The normalized spacial score (nSPS) is 26.6. The summed E-state index contributed by atoms with van der Waals surface area (Å²) in [6.45, 7) is 2.41. The van der Waals surface area contributed by atoms with Gasteiger partial charge in [-0.1, -0.05) is 5.21 Å². The van der Waals surface area contributed by atoms with Gasteiger partial charge in [0.2, 0.25) is 0 Å². The smallest absolute Gasteiger partial charge is 0.109 e. The zero-order valence-electron chi connectivity index (χ0n) is 15.3. The first-order valence-corrected chi connectivity index (χ1v) is 9.11. The highest BCUT2D eigenvalue weighted by Crippen LogP contribution is 2.19. The first kappa shape index (κ1) is 22.1. The van der Waals surface area contributed by atoms with Gasteiger partial charge in [0, 0.05) is 19.6 Å². The minimum absolute atomic E-state index is 0.0106. The highest BCUT2D eigenvalue weighted by Gasteiger charge is 2.40. The van der Waals surface area contributed by atoms with Crippen LogP contribution in [0.25, 0.3) is 0 Å². The molecule has 1 aliphatic heterocycles. The van der Waals surface area contributed by atoms with Gasteiger partial charge in [-0.2, -0.15) is 0 Å². The number of β-amino-alcohol motifs (C(OH)–C–C–N with tert-alkyl or cyclic N) is 1. The van der Waals surface area contributed by atoms with E-state index in [2.05, 4.69) is 10.3 Å². The van der Waals surface area contributed by atoms with Crippen LogP contribution >= 0.6 is 0 Å². The highest BCUT2D eigenvalue weighted by molar-refractivity contribution is 4.94. The van der Waals surface area contributed by atoms with Gasteiger partial charge >= 0.3 is 0 Å². The van der Waals surface area contributed by atoms with Crippen molar-refractivity contribution in [2.75, 3.05) is 46.1 Å². The number of ether oxygens (including phenoxy) is 2. The SMILES string of the molecule is OCCOCCOCc1cn(CCCN2C[C@H](O)[C@@H](O)[C@H](O)[C@H]2CO)nn1. The monoisotopic (exact) mass is 390 g/mol. The molecule has 156 valence electrons. The van der Waals surface area contributed by atoms with Crippen LogP contribution < -0.4 is 0 Å². The average molecular weight is 390 g/mol. The molecule has 0 radical (unpaired) electrons. The van der Waals surface area contributed by atoms with E-state index in [1.165, 1.54) is 0 Å². The van der Waals surface area contributed by atoms with Gasteiger partial charge in [0.05, 0.1) is 58.0 Å². The first-order chi connectivity index (χ1) is 13.1. The minimum atomic E-state index is -1.25. The summed E-state index contributed by atoms with van der Waals surface area (Å²) < 4.78 is 12.2. The maximum absolute atomic E-state index is 9.97. The van der Waals surface area contributed by atoms with E-state index in [4.69, 9.17) is 14.6 Å². The summed E-state index contributed by atoms with van der Waals surface area (Å²) in [5, 5.41) is 55.6. The van der Waals surface area contributed by atoms with Crippen LogP contribution in [0.3, 0.4) is 0 Å². The Morgan fingerprint density at radius 3 is 2.56 bits per heavy atom. The van der Waals surface area contributed by atoms with Gasteiger partial charge < -0.3 is 35.0 Å². The van der Waals surface area contributed by atoms with E-state index in [1.54, 1.807) is 15.8 Å². The Balaban J connectivity index is 1.68. The molecule has 1 saturated heterocycles. The number of hydrogen-bond donors (Lipinski definition) is 5. The molecule has 0 aromatic carbocycles. The molecule has 1 aromatic heterocycles. The number of piperidine rings is 1. The third-order valence-electron chi connectivity index (χ3n) is 4.49. The fourth-order valence-electron chi connectivity index (χ4n) is 3.05. The molecule has 0 unspecified atom stereocenters. The number of aryl methyl sites for hydroxylation is 1. The topological polar surface area (TPSA) is 154 Å². The number of rotatable bonds is 12. The van der Waals surface area contributed by atoms with Gasteiger partial charge in [-0.3, -0.25) is 9.58 Å². The molecule has 0 amide bonds. The molecule has 1 aliphatic rings. The zero-order chi connectivity index (χ0) is 19.6. The van der Waals surface area contributed by atoms with Crippen LogP contribution in [-0.4, -0.2) is 116 Å². The van der Waals surface area contributed by atoms with Crippen LogP contribution in [0.2, 0.25) is 0 Å². The second kappa shape index (κ2) is 11.6. The molecular weight excluding hydrogens is 360 g/mol. The van der Waals surface area contributed by atoms with Gasteiger partial charge in [-0.15, -0.1) is 5.10 Å². The number of aliphatic hydroxyl groups is 5. The average Bonchev–Trinajstić information content (AvgIpc) is 3.10. The van der Waals surface area contributed by atoms with Crippen molar-refractivity contribution in [3.8, 4) is 0 Å². The molecule has 27 heavy (non-hydrogen) atoms. The van der Waals surface area contributed by atoms with Crippen molar-refractivity contribution in [2.24, 2.45) is 0 Å². The Hall–Kier alpha value is -1.18. The van der Waals surface area contributed by atoms with E-state index < -0.39 is 24.4 Å². The van der Waals surface area contributed by atoms with Crippen molar-refractivity contribution in [2.45, 2.75) is 43.9 Å². The van der Waals surface area contributed by atoms with Crippen molar-refractivity contribution in [1.29, 1.82) is 0 Å². The van der Waals surface area contributed by atoms with Crippen LogP contribution in [0.15, 0.2) is 6.20 Å². The quantitative estimate of drug-likeness (QED) is 0.233. The van der Waals surface area contributed by atoms with Gasteiger partial charge in [-0.05, 0) is 6.42 Å². The third kappa shape index (κ3) is 6.73. The van der Waals surface area contributed by atoms with E-state index in [9.17, 15) is 20.4 Å². The summed E-state index contributed by atoms with van der Waals surface area (Å²) in [4.78, 5) is 1.77. The second-order valence-electron chi connectivity index (χ2n) is 6.51. The number of likely N-dealkylation sites (tertiary alicyclic amines) is 1. The standard InChI is InChI=1S/C16H30N4O7/c21-4-5-26-6-7-27-11-12-8-20(18-17-12)3-1-2-19-9-14(23)16(25)15(24)13(19)10-22/h8,13-16,21-25H,1-7,9-11H2/t13-,14+,15-,16-/m1/s1. The third-order valence-corrected chi connectivity index (χ3v) is 4.49. The van der Waals surface area contributed by atoms with Crippen molar-refractivity contribution in [3.05, 3.63) is 11.9 Å². The van der Waals surface area contributed by atoms with Gasteiger partial charge in [0.1, 0.15) is 17.9 Å². The molecule has 1 fully saturated rings. The predicted octanol–water partition coefficient (Wildman–Crippen LogP) is -3.05. The maximum atomic E-state index is 9.97. The number of nitrogens with zero attached hydrogens (tertiary/aromatic N) is 4. The summed E-state index contributed by atoms with van der Waals surface area (Å²) in [7, 11) is 0. The van der Waals surface area contributed by atoms with Crippen LogP contribution in [-0.2, 0) is 22.6 Å². The van der Waals surface area contributed by atoms with Gasteiger partial charge in [-0.25, -0.2) is 0 Å². The molecule has 5 N–H and O–H groups in total. The molecule has 11 heteroatoms. The summed E-state index contributed by atoms with van der Waals surface area (Å²) >= 11 is 0. The van der Waals surface area contributed by atoms with Gasteiger partial charge in [0.15, 0.2) is 0 Å². The Kier molecular flexibility index (Phi) is 9.51. The molecular formula is C16H30N4O7. The van der Waals surface area contributed by atoms with E-state index in [1.807, 2.05) is 0 Å². The number of aliphatic hydroxyl groups excluding tert-OH is 5. The lowest BCUT2D eigenvalue weighted by atomic mass is 9.94. The van der Waals surface area contributed by atoms with E-state index in [0.717, 1.165) is 0 Å². The molecule has 2 rings (SSSR count). The van der Waals surface area contributed by atoms with Crippen LogP contribution in [0.5, 0.6) is 0 Å². The first-order valence-electron chi connectivity index (χ1n) is 9.11. The molecule has 0 bridgehead atoms. The minimum Gasteiger partial charge on any atom is -0.395 e. The van der Waals surface area contributed by atoms with Crippen LogP contribution in [0.1, 0.15) is 12.1 Å². The molecule has 11 nitrogen and oxygen atoms in total. The highest BCUT2D eigenvalue weighted by atomic mass is 16.5. The molecule has 0 saturated carbocycles. The fourth-order valence-corrected chi connectivity index (χ4v) is 3.05. The van der Waals surface area contributed by atoms with Crippen molar-refractivity contribution in [3.63, 3.8) is 0 Å². The molecule has 1 aromatic rings. The van der Waals surface area contributed by atoms with Crippen molar-refractivity contribution in [1.82, 2.24) is 19.9 Å². The summed E-state index contributed by atoms with van der Waals surface area (Å²) in [5.41, 5.74) is 0.692. The molecule has 4 atom stereocenters. The van der Waals surface area contributed by atoms with Crippen LogP contribution in [0, 0.1) is 0 Å². The lowest BCUT2D eigenvalue weighted by Gasteiger charge is -2.43. The van der Waals surface area contributed by atoms with Gasteiger partial charge in [0.25, 0.3) is 0 Å². The van der Waals surface area contributed by atoms with Crippen molar-refractivity contribution >= 4 is 0 Å². The summed E-state index contributed by atoms with van der Waals surface area (Å²) in [6.07, 6.45) is -1.02. The fraction of sp³-hybridized carbons (Fsp3) is 0.875. The van der Waals surface area contributed by atoms with E-state index in [-0.39, 0.29) is 19.8 Å². The molecule has 0 spiro atoms. The Labute approximate surface area is 157 Å². The summed E-state index contributed by atoms with van der Waals surface area (Å²) in [5.74, 6) is 0. The Morgan fingerprint density at radius 1 is 1.04 bits per heavy atom. The zero-order valence-corrected chi connectivity index (χ0v) is 15.3. The van der Waals surface area contributed by atoms with Crippen molar-refractivity contribution < 1.29 is 35.0 Å². The number of aromatic nitrogens is 3. The number of hydrogen-bond acceptors (Lipinski definition) is 10. The molecule has 2 heterocycles. The Bertz CT molecular complexity index is 533. The maximum Gasteiger partial charge on any atom is 0.109 e. The van der Waals surface area contributed by atoms with E-state index in [0.29, 0.717) is 51.6 Å². The second-order valence-corrected chi connectivity index (χ2v) is 6.51. The lowest BCUT2D eigenvalue weighted by Crippen LogP contribution is -2.62. The Morgan fingerprint density at radius 2 is 1.81 bits per heavy atom. The molecule has 0 aliphatic carbocycles. The van der Waals surface area contributed by atoms with Crippen LogP contribution in [0.4, 0.5) is 0 Å². The predicted molar refractivity (Wildman–Crippen MR) is 92.7 cm³/mol. The van der Waals surface area contributed by atoms with E-state index >= 15 is 0 Å². The largest absolute Gasteiger partial charge is 0.395 e. The lowest BCUT2D eigenvalue weighted by molar-refractivity contribution is -0.145. The summed E-state index contributed by atoms with van der Waals surface area (Å²) in [6, 6.07) is -0.601.